The molecule has 21 heavy (non-hydrogen) atoms. The average Bonchev–Trinajstić information content (AvgIpc) is 2.50. The molecule has 0 unspecified atom stereocenters. The van der Waals surface area contributed by atoms with Gasteiger partial charge in [-0.25, -0.2) is 0 Å². The zero-order valence-electron chi connectivity index (χ0n) is 12.1. The van der Waals surface area contributed by atoms with Gasteiger partial charge < -0.3 is 10.4 Å². The van der Waals surface area contributed by atoms with Gasteiger partial charge in [-0.15, -0.1) is 0 Å². The highest BCUT2D eigenvalue weighted by molar-refractivity contribution is 9.10. The third kappa shape index (κ3) is 3.44. The molecule has 0 saturated heterocycles. The first-order valence-electron chi connectivity index (χ1n) is 7.63. The van der Waals surface area contributed by atoms with E-state index in [1.54, 1.807) is 0 Å². The van der Waals surface area contributed by atoms with Gasteiger partial charge in [0.2, 0.25) is 0 Å². The second kappa shape index (κ2) is 6.42. The fourth-order valence-corrected chi connectivity index (χ4v) is 3.61. The Hall–Kier alpha value is -0.970. The Morgan fingerprint density at radius 2 is 2.00 bits per heavy atom. The van der Waals surface area contributed by atoms with Crippen molar-refractivity contribution in [1.29, 1.82) is 0 Å². The van der Waals surface area contributed by atoms with Crippen LogP contribution in [0, 0.1) is 0 Å². The quantitative estimate of drug-likeness (QED) is 0.883. The second-order valence-electron chi connectivity index (χ2n) is 5.99. The minimum atomic E-state index is -0.517. The van der Waals surface area contributed by atoms with Crippen molar-refractivity contribution in [1.82, 2.24) is 10.3 Å². The standard InChI is InChI=1S/C17H21BrN2O/c18-15-7-6-13(16-14(15)5-4-10-20-16)11-19-12-17(21)8-2-1-3-9-17/h4-7,10,19,21H,1-3,8-9,11-12H2. The molecule has 4 heteroatoms. The summed E-state index contributed by atoms with van der Waals surface area (Å²) in [5.41, 5.74) is 1.68. The molecule has 1 saturated carbocycles. The molecule has 3 nitrogen and oxygen atoms in total. The van der Waals surface area contributed by atoms with Crippen LogP contribution in [0.1, 0.15) is 37.7 Å². The SMILES string of the molecule is OC1(CNCc2ccc(Br)c3cccnc23)CCCCC1. The van der Waals surface area contributed by atoms with Crippen LogP contribution in [0.25, 0.3) is 10.9 Å². The molecule has 0 amide bonds. The van der Waals surface area contributed by atoms with E-state index in [9.17, 15) is 5.11 Å². The van der Waals surface area contributed by atoms with Gasteiger partial charge in [-0.05, 0) is 30.5 Å². The summed E-state index contributed by atoms with van der Waals surface area (Å²) in [5, 5.41) is 15.1. The molecule has 112 valence electrons. The molecule has 2 aromatic rings. The smallest absolute Gasteiger partial charge is 0.0771 e. The summed E-state index contributed by atoms with van der Waals surface area (Å²) in [6.45, 7) is 1.40. The van der Waals surface area contributed by atoms with Crippen molar-refractivity contribution in [2.75, 3.05) is 6.54 Å². The predicted molar refractivity (Wildman–Crippen MR) is 89.2 cm³/mol. The fraction of sp³-hybridized carbons (Fsp3) is 0.471. The van der Waals surface area contributed by atoms with Crippen LogP contribution in [0.5, 0.6) is 0 Å². The lowest BCUT2D eigenvalue weighted by molar-refractivity contribution is 0.00469. The van der Waals surface area contributed by atoms with Crippen LogP contribution in [-0.4, -0.2) is 22.2 Å². The van der Waals surface area contributed by atoms with Crippen LogP contribution in [0.15, 0.2) is 34.9 Å². The number of pyridine rings is 1. The van der Waals surface area contributed by atoms with Crippen molar-refractivity contribution < 1.29 is 5.11 Å². The number of rotatable bonds is 4. The summed E-state index contributed by atoms with van der Waals surface area (Å²) >= 11 is 3.57. The van der Waals surface area contributed by atoms with E-state index in [1.165, 1.54) is 12.0 Å². The Morgan fingerprint density at radius 3 is 2.81 bits per heavy atom. The van der Waals surface area contributed by atoms with E-state index in [4.69, 9.17) is 0 Å². The number of halogens is 1. The number of benzene rings is 1. The molecule has 1 aliphatic rings. The third-order valence-corrected chi connectivity index (χ3v) is 5.05. The number of nitrogens with one attached hydrogen (secondary N) is 1. The van der Waals surface area contributed by atoms with Gasteiger partial charge in [0.05, 0.1) is 11.1 Å². The van der Waals surface area contributed by atoms with Gasteiger partial charge >= 0.3 is 0 Å². The minimum Gasteiger partial charge on any atom is -0.389 e. The highest BCUT2D eigenvalue weighted by Crippen LogP contribution is 2.28. The molecule has 0 aliphatic heterocycles. The maximum Gasteiger partial charge on any atom is 0.0771 e. The van der Waals surface area contributed by atoms with E-state index < -0.39 is 5.60 Å². The summed E-state index contributed by atoms with van der Waals surface area (Å²) in [4.78, 5) is 4.49. The van der Waals surface area contributed by atoms with Crippen LogP contribution in [0.2, 0.25) is 0 Å². The number of nitrogens with zero attached hydrogens (tertiary/aromatic N) is 1. The molecule has 1 aromatic carbocycles. The summed E-state index contributed by atoms with van der Waals surface area (Å²) in [6, 6.07) is 8.19. The normalized spacial score (nSPS) is 18.0. The van der Waals surface area contributed by atoms with Gasteiger partial charge in [0, 0.05) is 29.1 Å². The maximum absolute atomic E-state index is 10.5. The molecular weight excluding hydrogens is 328 g/mol. The van der Waals surface area contributed by atoms with E-state index in [1.807, 2.05) is 12.3 Å². The molecule has 1 fully saturated rings. The van der Waals surface area contributed by atoms with Crippen LogP contribution < -0.4 is 5.32 Å². The Bertz CT molecular complexity index is 623. The summed E-state index contributed by atoms with van der Waals surface area (Å²) in [5.74, 6) is 0. The van der Waals surface area contributed by atoms with Gasteiger partial charge in [-0.1, -0.05) is 47.3 Å². The molecule has 1 aromatic heterocycles. The van der Waals surface area contributed by atoms with E-state index in [2.05, 4.69) is 44.4 Å². The van der Waals surface area contributed by atoms with Crippen molar-refractivity contribution >= 4 is 26.8 Å². The molecule has 1 heterocycles. The summed E-state index contributed by atoms with van der Waals surface area (Å²) in [6.07, 6.45) is 7.19. The van der Waals surface area contributed by atoms with E-state index in [-0.39, 0.29) is 0 Å². The first-order valence-corrected chi connectivity index (χ1v) is 8.42. The number of aliphatic hydroxyl groups is 1. The molecule has 1 aliphatic carbocycles. The Balaban J connectivity index is 1.69. The number of hydrogen-bond acceptors (Lipinski definition) is 3. The topological polar surface area (TPSA) is 45.1 Å². The van der Waals surface area contributed by atoms with Gasteiger partial charge in [0.1, 0.15) is 0 Å². The first-order chi connectivity index (χ1) is 10.2. The molecular formula is C17H21BrN2O. The molecule has 0 atom stereocenters. The van der Waals surface area contributed by atoms with Crippen molar-refractivity contribution in [3.63, 3.8) is 0 Å². The maximum atomic E-state index is 10.5. The molecule has 0 spiro atoms. The van der Waals surface area contributed by atoms with Crippen molar-refractivity contribution in [2.45, 2.75) is 44.2 Å². The monoisotopic (exact) mass is 348 g/mol. The molecule has 3 rings (SSSR count). The Labute approximate surface area is 133 Å². The molecule has 0 radical (unpaired) electrons. The van der Waals surface area contributed by atoms with Gasteiger partial charge in [0.25, 0.3) is 0 Å². The molecule has 0 bridgehead atoms. The second-order valence-corrected chi connectivity index (χ2v) is 6.85. The lowest BCUT2D eigenvalue weighted by atomic mass is 9.85. The third-order valence-electron chi connectivity index (χ3n) is 4.35. The van der Waals surface area contributed by atoms with Crippen molar-refractivity contribution in [3.8, 4) is 0 Å². The zero-order valence-corrected chi connectivity index (χ0v) is 13.7. The van der Waals surface area contributed by atoms with Crippen LogP contribution >= 0.6 is 15.9 Å². The van der Waals surface area contributed by atoms with Crippen molar-refractivity contribution in [2.24, 2.45) is 0 Å². The van der Waals surface area contributed by atoms with Crippen molar-refractivity contribution in [3.05, 3.63) is 40.5 Å². The zero-order chi connectivity index (χ0) is 14.7. The lowest BCUT2D eigenvalue weighted by Gasteiger charge is -2.32. The van der Waals surface area contributed by atoms with Gasteiger partial charge in [-0.3, -0.25) is 4.98 Å². The number of hydrogen-bond donors (Lipinski definition) is 2. The highest BCUT2D eigenvalue weighted by atomic mass is 79.9. The van der Waals surface area contributed by atoms with Gasteiger partial charge in [-0.2, -0.15) is 0 Å². The molecule has 2 N–H and O–H groups in total. The van der Waals surface area contributed by atoms with E-state index >= 15 is 0 Å². The largest absolute Gasteiger partial charge is 0.389 e. The van der Waals surface area contributed by atoms with Crippen LogP contribution in [-0.2, 0) is 6.54 Å². The highest BCUT2D eigenvalue weighted by Gasteiger charge is 2.28. The Kier molecular flexibility index (Phi) is 4.57. The predicted octanol–water partition coefficient (Wildman–Crippen LogP) is 3.78. The fourth-order valence-electron chi connectivity index (χ4n) is 3.16. The van der Waals surface area contributed by atoms with Crippen LogP contribution in [0.4, 0.5) is 0 Å². The van der Waals surface area contributed by atoms with E-state index in [0.717, 1.165) is 47.6 Å². The Morgan fingerprint density at radius 1 is 1.19 bits per heavy atom. The number of fused-ring (bicyclic) bond motifs is 1. The lowest BCUT2D eigenvalue weighted by Crippen LogP contribution is -2.41. The summed E-state index contributed by atoms with van der Waals surface area (Å²) < 4.78 is 1.07. The van der Waals surface area contributed by atoms with E-state index in [0.29, 0.717) is 6.54 Å². The minimum absolute atomic E-state index is 0.517. The first kappa shape index (κ1) is 14.9. The average molecular weight is 349 g/mol. The summed E-state index contributed by atoms with van der Waals surface area (Å²) in [7, 11) is 0. The van der Waals surface area contributed by atoms with Crippen LogP contribution in [0.3, 0.4) is 0 Å². The van der Waals surface area contributed by atoms with Gasteiger partial charge in [0.15, 0.2) is 0 Å². The number of aromatic nitrogens is 1.